The summed E-state index contributed by atoms with van der Waals surface area (Å²) in [5, 5.41) is -0.247. The Morgan fingerprint density at radius 1 is 1.47 bits per heavy atom. The van der Waals surface area contributed by atoms with Gasteiger partial charge in [0.25, 0.3) is 0 Å². The summed E-state index contributed by atoms with van der Waals surface area (Å²) in [4.78, 5) is 0. The second-order valence-electron chi connectivity index (χ2n) is 3.52. The van der Waals surface area contributed by atoms with E-state index in [1.807, 2.05) is 0 Å². The van der Waals surface area contributed by atoms with Gasteiger partial charge in [-0.2, -0.15) is 0 Å². The monoisotopic (exact) mass is 231 g/mol. The van der Waals surface area contributed by atoms with Crippen molar-refractivity contribution in [3.8, 4) is 0 Å². The molecule has 0 unspecified atom stereocenters. The molecular weight excluding hydrogens is 220 g/mol. The Balaban J connectivity index is 3.12. The molecule has 1 rings (SSSR count). The molecule has 1 aromatic carbocycles. The fourth-order valence-electron chi connectivity index (χ4n) is 1.36. The maximum absolute atomic E-state index is 13.4. The molecule has 0 aromatic heterocycles. The van der Waals surface area contributed by atoms with Gasteiger partial charge in [0.2, 0.25) is 0 Å². The molecule has 0 fully saturated rings. The first-order chi connectivity index (χ1) is 6.93. The quantitative estimate of drug-likeness (QED) is 0.625. The van der Waals surface area contributed by atoms with Crippen LogP contribution in [0.5, 0.6) is 0 Å². The van der Waals surface area contributed by atoms with Gasteiger partial charge < -0.3 is 5.73 Å². The third kappa shape index (κ3) is 2.76. The average molecular weight is 232 g/mol. The molecule has 0 aliphatic carbocycles. The van der Waals surface area contributed by atoms with Crippen LogP contribution in [-0.4, -0.2) is 0 Å². The number of rotatable bonds is 3. The third-order valence-electron chi connectivity index (χ3n) is 2.02. The topological polar surface area (TPSA) is 26.0 Å². The highest BCUT2D eigenvalue weighted by atomic mass is 35.5. The molecule has 1 atom stereocenters. The highest BCUT2D eigenvalue weighted by Gasteiger charge is 2.18. The highest BCUT2D eigenvalue weighted by Crippen LogP contribution is 2.29. The zero-order valence-electron chi connectivity index (χ0n) is 8.36. The van der Waals surface area contributed by atoms with Crippen LogP contribution in [0.15, 0.2) is 24.3 Å². The lowest BCUT2D eigenvalue weighted by Crippen LogP contribution is -2.13. The van der Waals surface area contributed by atoms with E-state index in [0.29, 0.717) is 6.42 Å². The van der Waals surface area contributed by atoms with Gasteiger partial charge in [0.05, 0.1) is 5.02 Å². The molecule has 1 aromatic rings. The largest absolute Gasteiger partial charge is 0.324 e. The number of hydrogen-bond acceptors (Lipinski definition) is 1. The molecule has 15 heavy (non-hydrogen) atoms. The SMILES string of the molecule is C=C(C)C[C@H](N)c1c(F)ccc(F)c1Cl. The fraction of sp³-hybridized carbons (Fsp3) is 0.273. The molecule has 0 aliphatic rings. The summed E-state index contributed by atoms with van der Waals surface area (Å²) in [7, 11) is 0. The van der Waals surface area contributed by atoms with E-state index in [1.165, 1.54) is 0 Å². The molecule has 0 amide bonds. The van der Waals surface area contributed by atoms with Crippen molar-refractivity contribution in [1.82, 2.24) is 0 Å². The number of benzene rings is 1. The molecule has 0 saturated heterocycles. The van der Waals surface area contributed by atoms with E-state index in [4.69, 9.17) is 17.3 Å². The maximum Gasteiger partial charge on any atom is 0.142 e. The molecular formula is C11H12ClF2N. The number of hydrogen-bond donors (Lipinski definition) is 1. The summed E-state index contributed by atoms with van der Waals surface area (Å²) < 4.78 is 26.5. The first kappa shape index (κ1) is 12.1. The average Bonchev–Trinajstić information content (AvgIpc) is 2.11. The lowest BCUT2D eigenvalue weighted by atomic mass is 10.0. The van der Waals surface area contributed by atoms with Gasteiger partial charge in [-0.05, 0) is 25.5 Å². The summed E-state index contributed by atoms with van der Waals surface area (Å²) >= 11 is 5.65. The van der Waals surface area contributed by atoms with Crippen molar-refractivity contribution >= 4 is 11.6 Å². The van der Waals surface area contributed by atoms with Gasteiger partial charge in [-0.1, -0.05) is 17.2 Å². The minimum Gasteiger partial charge on any atom is -0.324 e. The van der Waals surface area contributed by atoms with E-state index in [1.54, 1.807) is 6.92 Å². The van der Waals surface area contributed by atoms with Crippen molar-refractivity contribution in [3.63, 3.8) is 0 Å². The number of nitrogens with two attached hydrogens (primary N) is 1. The summed E-state index contributed by atoms with van der Waals surface area (Å²) in [5.41, 5.74) is 6.52. The molecule has 0 bridgehead atoms. The molecule has 0 radical (unpaired) electrons. The number of halogens is 3. The lowest BCUT2D eigenvalue weighted by Gasteiger charge is -2.14. The minimum atomic E-state index is -0.662. The molecule has 2 N–H and O–H groups in total. The van der Waals surface area contributed by atoms with Gasteiger partial charge in [0.1, 0.15) is 11.6 Å². The second kappa shape index (κ2) is 4.73. The van der Waals surface area contributed by atoms with E-state index >= 15 is 0 Å². The third-order valence-corrected chi connectivity index (χ3v) is 2.40. The van der Waals surface area contributed by atoms with Gasteiger partial charge in [-0.15, -0.1) is 6.58 Å². The molecule has 1 nitrogen and oxygen atoms in total. The van der Waals surface area contributed by atoms with Crippen molar-refractivity contribution in [2.75, 3.05) is 0 Å². The van der Waals surface area contributed by atoms with Gasteiger partial charge in [-0.3, -0.25) is 0 Å². The molecule has 0 spiro atoms. The molecule has 82 valence electrons. The van der Waals surface area contributed by atoms with Crippen molar-refractivity contribution < 1.29 is 8.78 Å². The van der Waals surface area contributed by atoms with Crippen molar-refractivity contribution in [2.45, 2.75) is 19.4 Å². The van der Waals surface area contributed by atoms with Crippen LogP contribution < -0.4 is 5.73 Å². The predicted octanol–water partition coefficient (Wildman–Crippen LogP) is 3.58. The van der Waals surface area contributed by atoms with Crippen molar-refractivity contribution in [1.29, 1.82) is 0 Å². The minimum absolute atomic E-state index is 0.0136. The fourth-order valence-corrected chi connectivity index (χ4v) is 1.65. The normalized spacial score (nSPS) is 12.6. The Morgan fingerprint density at radius 2 is 2.00 bits per heavy atom. The summed E-state index contributed by atoms with van der Waals surface area (Å²) in [6.07, 6.45) is 0.375. The Kier molecular flexibility index (Phi) is 3.83. The van der Waals surface area contributed by atoms with Crippen LogP contribution in [0.3, 0.4) is 0 Å². The molecule has 0 heterocycles. The highest BCUT2D eigenvalue weighted by molar-refractivity contribution is 6.31. The van der Waals surface area contributed by atoms with Gasteiger partial charge >= 0.3 is 0 Å². The van der Waals surface area contributed by atoms with Crippen LogP contribution >= 0.6 is 11.6 Å². The summed E-state index contributed by atoms with van der Waals surface area (Å²) in [5.74, 6) is -1.25. The van der Waals surface area contributed by atoms with E-state index < -0.39 is 17.7 Å². The van der Waals surface area contributed by atoms with E-state index in [0.717, 1.165) is 17.7 Å². The van der Waals surface area contributed by atoms with Crippen LogP contribution in [0.1, 0.15) is 24.9 Å². The Bertz CT molecular complexity index is 390. The van der Waals surface area contributed by atoms with Crippen LogP contribution in [0.4, 0.5) is 8.78 Å². The van der Waals surface area contributed by atoms with Crippen LogP contribution in [-0.2, 0) is 0 Å². The maximum atomic E-state index is 13.4. The van der Waals surface area contributed by atoms with Gasteiger partial charge in [-0.25, -0.2) is 8.78 Å². The molecule has 0 aliphatic heterocycles. The van der Waals surface area contributed by atoms with Gasteiger partial charge in [0, 0.05) is 11.6 Å². The van der Waals surface area contributed by atoms with Crippen LogP contribution in [0.25, 0.3) is 0 Å². The molecule has 0 saturated carbocycles. The van der Waals surface area contributed by atoms with Crippen LogP contribution in [0.2, 0.25) is 5.02 Å². The van der Waals surface area contributed by atoms with Crippen molar-refractivity contribution in [2.24, 2.45) is 5.73 Å². The predicted molar refractivity (Wildman–Crippen MR) is 57.7 cm³/mol. The zero-order chi connectivity index (χ0) is 11.6. The Hall–Kier alpha value is -0.930. The summed E-state index contributed by atoms with van der Waals surface area (Å²) in [6.45, 7) is 5.43. The van der Waals surface area contributed by atoms with E-state index in [9.17, 15) is 8.78 Å². The standard InChI is InChI=1S/C11H12ClF2N/c1-6(2)5-9(15)10-7(13)3-4-8(14)11(10)12/h3-4,9H,1,5,15H2,2H3/t9-/m0/s1. The smallest absolute Gasteiger partial charge is 0.142 e. The Morgan fingerprint density at radius 3 is 2.53 bits per heavy atom. The molecule has 4 heteroatoms. The van der Waals surface area contributed by atoms with Crippen LogP contribution in [0, 0.1) is 11.6 Å². The lowest BCUT2D eigenvalue weighted by molar-refractivity contribution is 0.561. The zero-order valence-corrected chi connectivity index (χ0v) is 9.11. The first-order valence-corrected chi connectivity index (χ1v) is 4.84. The Labute approximate surface area is 92.5 Å². The van der Waals surface area contributed by atoms with E-state index in [2.05, 4.69) is 6.58 Å². The van der Waals surface area contributed by atoms with E-state index in [-0.39, 0.29) is 10.6 Å². The first-order valence-electron chi connectivity index (χ1n) is 4.46. The summed E-state index contributed by atoms with van der Waals surface area (Å²) in [6, 6.07) is 1.34. The van der Waals surface area contributed by atoms with Crippen molar-refractivity contribution in [3.05, 3.63) is 46.5 Å². The second-order valence-corrected chi connectivity index (χ2v) is 3.90. The van der Waals surface area contributed by atoms with Gasteiger partial charge in [0.15, 0.2) is 0 Å².